The Kier molecular flexibility index (Phi) is 7.83. The minimum Gasteiger partial charge on any atom is -0.497 e. The highest BCUT2D eigenvalue weighted by molar-refractivity contribution is 5.27. The molecule has 0 aromatic heterocycles. The predicted molar refractivity (Wildman–Crippen MR) is 112 cm³/mol. The molecule has 0 bridgehead atoms. The van der Waals surface area contributed by atoms with Crippen LogP contribution in [0, 0.1) is 5.92 Å². The Hall–Kier alpha value is -2.18. The molecule has 29 heavy (non-hydrogen) atoms. The van der Waals surface area contributed by atoms with Gasteiger partial charge in [-0.15, -0.1) is 0 Å². The van der Waals surface area contributed by atoms with Crippen molar-refractivity contribution < 1.29 is 23.7 Å². The summed E-state index contributed by atoms with van der Waals surface area (Å²) in [5, 5.41) is 0. The molecule has 2 aromatic carbocycles. The van der Waals surface area contributed by atoms with Crippen LogP contribution in [-0.2, 0) is 32.2 Å². The van der Waals surface area contributed by atoms with Gasteiger partial charge in [0.15, 0.2) is 6.29 Å². The van der Waals surface area contributed by atoms with E-state index in [1.165, 1.54) is 0 Å². The van der Waals surface area contributed by atoms with E-state index in [0.29, 0.717) is 19.8 Å². The van der Waals surface area contributed by atoms with Crippen LogP contribution in [0.1, 0.15) is 18.1 Å². The van der Waals surface area contributed by atoms with E-state index < -0.39 is 6.29 Å². The molecule has 1 saturated heterocycles. The molecule has 0 spiro atoms. The van der Waals surface area contributed by atoms with E-state index in [1.54, 1.807) is 14.2 Å². The van der Waals surface area contributed by atoms with E-state index in [-0.39, 0.29) is 18.1 Å². The third kappa shape index (κ3) is 5.67. The first-order valence-electron chi connectivity index (χ1n) is 9.85. The van der Waals surface area contributed by atoms with Crippen LogP contribution < -0.4 is 4.74 Å². The smallest absolute Gasteiger partial charge is 0.187 e. The second kappa shape index (κ2) is 10.6. The van der Waals surface area contributed by atoms with Crippen molar-refractivity contribution in [2.24, 2.45) is 5.92 Å². The maximum absolute atomic E-state index is 6.14. The summed E-state index contributed by atoms with van der Waals surface area (Å²) in [4.78, 5) is 0. The Balaban J connectivity index is 1.54. The first-order valence-corrected chi connectivity index (χ1v) is 9.85. The number of hydrogen-bond acceptors (Lipinski definition) is 5. The molecule has 2 unspecified atom stereocenters. The number of hydrogen-bond donors (Lipinski definition) is 0. The van der Waals surface area contributed by atoms with E-state index in [4.69, 9.17) is 23.7 Å². The zero-order valence-electron chi connectivity index (χ0n) is 17.4. The van der Waals surface area contributed by atoms with Gasteiger partial charge in [-0.25, -0.2) is 0 Å². The minimum atomic E-state index is -0.512. The molecule has 0 saturated carbocycles. The predicted octanol–water partition coefficient (Wildman–Crippen LogP) is 4.36. The summed E-state index contributed by atoms with van der Waals surface area (Å²) >= 11 is 0. The Morgan fingerprint density at radius 1 is 0.931 bits per heavy atom. The van der Waals surface area contributed by atoms with Crippen molar-refractivity contribution in [2.45, 2.75) is 38.6 Å². The second-order valence-corrected chi connectivity index (χ2v) is 7.22. The van der Waals surface area contributed by atoms with Gasteiger partial charge in [0, 0.05) is 13.0 Å². The topological polar surface area (TPSA) is 46.2 Å². The van der Waals surface area contributed by atoms with Crippen LogP contribution in [0.5, 0.6) is 5.75 Å². The van der Waals surface area contributed by atoms with Crippen molar-refractivity contribution in [3.8, 4) is 5.75 Å². The lowest BCUT2D eigenvalue weighted by Gasteiger charge is -2.41. The van der Waals surface area contributed by atoms with E-state index in [2.05, 4.69) is 13.5 Å². The molecule has 4 atom stereocenters. The average Bonchev–Trinajstić information content (AvgIpc) is 2.77. The van der Waals surface area contributed by atoms with Gasteiger partial charge in [-0.3, -0.25) is 0 Å². The van der Waals surface area contributed by atoms with Crippen LogP contribution in [0.4, 0.5) is 0 Å². The van der Waals surface area contributed by atoms with Crippen LogP contribution in [-0.4, -0.2) is 39.3 Å². The number of ether oxygens (including phenoxy) is 5. The van der Waals surface area contributed by atoms with Crippen molar-refractivity contribution in [3.05, 3.63) is 77.9 Å². The minimum absolute atomic E-state index is 0.0954. The van der Waals surface area contributed by atoms with E-state index >= 15 is 0 Å². The lowest BCUT2D eigenvalue weighted by molar-refractivity contribution is -0.244. The molecule has 3 rings (SSSR count). The van der Waals surface area contributed by atoms with E-state index in [0.717, 1.165) is 22.4 Å². The van der Waals surface area contributed by atoms with Gasteiger partial charge in [-0.1, -0.05) is 56.0 Å². The molecule has 1 fully saturated rings. The number of benzene rings is 2. The van der Waals surface area contributed by atoms with E-state index in [1.807, 2.05) is 54.6 Å². The summed E-state index contributed by atoms with van der Waals surface area (Å²) in [5.74, 6) is 0.916. The maximum Gasteiger partial charge on any atom is 0.187 e. The third-order valence-electron chi connectivity index (χ3n) is 5.28. The van der Waals surface area contributed by atoms with Gasteiger partial charge in [0.2, 0.25) is 0 Å². The highest BCUT2D eigenvalue weighted by Gasteiger charge is 2.39. The molecule has 0 amide bonds. The fraction of sp³-hybridized carbons (Fsp3) is 0.417. The highest BCUT2D eigenvalue weighted by atomic mass is 16.7. The number of methoxy groups -OCH3 is 2. The van der Waals surface area contributed by atoms with Crippen molar-refractivity contribution in [1.29, 1.82) is 0 Å². The van der Waals surface area contributed by atoms with Gasteiger partial charge in [0.25, 0.3) is 0 Å². The van der Waals surface area contributed by atoms with Crippen LogP contribution >= 0.6 is 0 Å². The molecular weight excluding hydrogens is 368 g/mol. The van der Waals surface area contributed by atoms with Gasteiger partial charge < -0.3 is 23.7 Å². The summed E-state index contributed by atoms with van der Waals surface area (Å²) in [5.41, 5.74) is 3.15. The summed E-state index contributed by atoms with van der Waals surface area (Å²) in [6.45, 7) is 7.83. The zero-order valence-corrected chi connectivity index (χ0v) is 17.4. The molecule has 5 heteroatoms. The third-order valence-corrected chi connectivity index (χ3v) is 5.28. The monoisotopic (exact) mass is 398 g/mol. The Bertz CT molecular complexity index is 759. The maximum atomic E-state index is 6.14. The van der Waals surface area contributed by atoms with Crippen LogP contribution in [0.25, 0.3) is 0 Å². The van der Waals surface area contributed by atoms with Crippen molar-refractivity contribution >= 4 is 0 Å². The van der Waals surface area contributed by atoms with Crippen molar-refractivity contribution in [2.75, 3.05) is 20.8 Å². The lowest BCUT2D eigenvalue weighted by atomic mass is 9.89. The normalized spacial score (nSPS) is 24.4. The summed E-state index contributed by atoms with van der Waals surface area (Å²) in [6.07, 6.45) is -0.971. The second-order valence-electron chi connectivity index (χ2n) is 7.22. The molecule has 0 N–H and O–H groups in total. The molecular formula is C24H30O5. The van der Waals surface area contributed by atoms with Gasteiger partial charge in [0.05, 0.1) is 33.0 Å². The first kappa shape index (κ1) is 21.5. The average molecular weight is 398 g/mol. The molecule has 0 radical (unpaired) electrons. The zero-order chi connectivity index (χ0) is 20.6. The summed E-state index contributed by atoms with van der Waals surface area (Å²) < 4.78 is 28.9. The molecule has 0 aliphatic carbocycles. The number of rotatable bonds is 9. The molecule has 1 heterocycles. The van der Waals surface area contributed by atoms with Crippen LogP contribution in [0.3, 0.4) is 0 Å². The molecule has 156 valence electrons. The van der Waals surface area contributed by atoms with Gasteiger partial charge in [0.1, 0.15) is 11.9 Å². The van der Waals surface area contributed by atoms with Gasteiger partial charge in [-0.05, 0) is 28.8 Å². The highest BCUT2D eigenvalue weighted by Crippen LogP contribution is 2.32. The Labute approximate surface area is 173 Å². The summed E-state index contributed by atoms with van der Waals surface area (Å²) in [6, 6.07) is 17.9. The molecule has 5 nitrogen and oxygen atoms in total. The Morgan fingerprint density at radius 2 is 1.62 bits per heavy atom. The van der Waals surface area contributed by atoms with Crippen molar-refractivity contribution in [3.63, 3.8) is 0 Å². The lowest BCUT2D eigenvalue weighted by Crippen LogP contribution is -2.48. The molecule has 1 aliphatic rings. The van der Waals surface area contributed by atoms with E-state index in [9.17, 15) is 0 Å². The van der Waals surface area contributed by atoms with Crippen molar-refractivity contribution in [1.82, 2.24) is 0 Å². The van der Waals surface area contributed by atoms with Gasteiger partial charge in [-0.2, -0.15) is 0 Å². The molecule has 2 aromatic rings. The SMILES string of the molecule is C=C1C(OCc2ccc(OC)cc2)[C@H](OC)OC(COCc2ccccc2)[C@@H]1C. The fourth-order valence-electron chi connectivity index (χ4n) is 3.36. The first-order chi connectivity index (χ1) is 14.1. The standard InChI is InChI=1S/C24H30O5/c1-17-18(2)23(28-15-20-10-12-21(25-3)13-11-20)24(26-4)29-22(17)16-27-14-19-8-6-5-7-9-19/h5-13,17,22-24H,2,14-16H2,1,3-4H3/t17-,22?,23?,24-/m1/s1. The quantitative estimate of drug-likeness (QED) is 0.587. The Morgan fingerprint density at radius 3 is 2.28 bits per heavy atom. The van der Waals surface area contributed by atoms with Crippen LogP contribution in [0.15, 0.2) is 66.7 Å². The summed E-state index contributed by atoms with van der Waals surface area (Å²) in [7, 11) is 3.28. The largest absolute Gasteiger partial charge is 0.497 e. The van der Waals surface area contributed by atoms with Crippen LogP contribution in [0.2, 0.25) is 0 Å². The molecule has 1 aliphatic heterocycles. The fourth-order valence-corrected chi connectivity index (χ4v) is 3.36. The van der Waals surface area contributed by atoms with Gasteiger partial charge >= 0.3 is 0 Å².